The number of nitrogens with one attached hydrogen (secondary N) is 1. The van der Waals surface area contributed by atoms with E-state index in [-0.39, 0.29) is 12.3 Å². The van der Waals surface area contributed by atoms with Gasteiger partial charge in [0.1, 0.15) is 17.5 Å². The van der Waals surface area contributed by atoms with Crippen molar-refractivity contribution in [2.24, 2.45) is 0 Å². The van der Waals surface area contributed by atoms with Crippen LogP contribution in [0.25, 0.3) is 10.8 Å². The summed E-state index contributed by atoms with van der Waals surface area (Å²) in [5, 5.41) is 16.6. The zero-order chi connectivity index (χ0) is 27.4. The molecule has 4 aromatic rings. The molecule has 1 N–H and O–H groups in total. The highest BCUT2D eigenvalue weighted by molar-refractivity contribution is 6.06. The fourth-order valence-electron chi connectivity index (χ4n) is 4.71. The van der Waals surface area contributed by atoms with E-state index in [1.165, 1.54) is 0 Å². The summed E-state index contributed by atoms with van der Waals surface area (Å²) in [6.07, 6.45) is 0.175. The Balaban J connectivity index is 1.35. The lowest BCUT2D eigenvalue weighted by Crippen LogP contribution is -2.38. The molecule has 0 saturated carbocycles. The van der Waals surface area contributed by atoms with Crippen LogP contribution < -0.4 is 20.2 Å². The quantitative estimate of drug-likeness (QED) is 0.375. The number of carbonyl (C=O) groups is 2. The van der Waals surface area contributed by atoms with Gasteiger partial charge in [0.2, 0.25) is 0 Å². The smallest absolute Gasteiger partial charge is 0.255 e. The van der Waals surface area contributed by atoms with Crippen LogP contribution in [0.2, 0.25) is 0 Å². The van der Waals surface area contributed by atoms with E-state index in [4.69, 9.17) is 14.7 Å². The van der Waals surface area contributed by atoms with Gasteiger partial charge in [-0.2, -0.15) is 0 Å². The molecule has 39 heavy (non-hydrogen) atoms. The number of carboxylic acids is 1. The fraction of sp³-hybridized carbons (Fsp3) is 0.267. The van der Waals surface area contributed by atoms with Crippen LogP contribution >= 0.6 is 0 Å². The number of carboxylic acid groups (broad SMARTS) is 1. The zero-order valence-electron chi connectivity index (χ0n) is 22.0. The van der Waals surface area contributed by atoms with Gasteiger partial charge in [-0.1, -0.05) is 42.5 Å². The molecule has 0 bridgehead atoms. The zero-order valence-corrected chi connectivity index (χ0v) is 22.0. The van der Waals surface area contributed by atoms with Crippen molar-refractivity contribution in [3.63, 3.8) is 0 Å². The standard InChI is InChI=1S/C30H31N5O4/c1-34(2)28-25(19-27(36)37)29(35-13-15-39-16-14-35)33-26(32-28)17-20-7-11-24(12-8-20)31-30(38)23-10-9-21-5-3-4-6-22(21)18-23/h3-12,18H,13-17,19H2,1-2H3,(H,31,38)(H,36,37)/p-1. The molecule has 1 aliphatic rings. The van der Waals surface area contributed by atoms with E-state index in [1.54, 1.807) is 4.90 Å². The molecule has 0 unspecified atom stereocenters. The Bertz CT molecular complexity index is 1500. The topological polar surface area (TPSA) is 111 Å². The summed E-state index contributed by atoms with van der Waals surface area (Å²) in [5.74, 6) is 0.395. The van der Waals surface area contributed by atoms with Crippen LogP contribution in [0.3, 0.4) is 0 Å². The number of fused-ring (bicyclic) bond motifs is 1. The number of benzene rings is 3. The second-order valence-corrected chi connectivity index (χ2v) is 9.70. The average molecular weight is 525 g/mol. The van der Waals surface area contributed by atoms with Gasteiger partial charge in [-0.05, 0) is 40.6 Å². The maximum atomic E-state index is 12.8. The summed E-state index contributed by atoms with van der Waals surface area (Å²) in [7, 11) is 3.67. The largest absolute Gasteiger partial charge is 0.550 e. The Hall–Kier alpha value is -4.50. The normalized spacial score (nSPS) is 13.3. The molecule has 1 amide bonds. The van der Waals surface area contributed by atoms with Crippen LogP contribution in [0.1, 0.15) is 27.3 Å². The van der Waals surface area contributed by atoms with Crippen LogP contribution in [0.5, 0.6) is 0 Å². The number of hydrogen-bond donors (Lipinski definition) is 1. The Morgan fingerprint density at radius 2 is 1.69 bits per heavy atom. The number of amides is 1. The van der Waals surface area contributed by atoms with Gasteiger partial charge in [0.15, 0.2) is 0 Å². The van der Waals surface area contributed by atoms with E-state index in [9.17, 15) is 14.7 Å². The molecule has 1 fully saturated rings. The molecule has 0 radical (unpaired) electrons. The maximum Gasteiger partial charge on any atom is 0.255 e. The molecule has 3 aromatic carbocycles. The first-order valence-corrected chi connectivity index (χ1v) is 12.9. The van der Waals surface area contributed by atoms with E-state index >= 15 is 0 Å². The molecule has 1 aromatic heterocycles. The third-order valence-corrected chi connectivity index (χ3v) is 6.65. The maximum absolute atomic E-state index is 12.8. The lowest BCUT2D eigenvalue weighted by Gasteiger charge is -2.31. The van der Waals surface area contributed by atoms with E-state index < -0.39 is 5.97 Å². The molecule has 0 aliphatic carbocycles. The minimum atomic E-state index is -1.18. The first-order chi connectivity index (χ1) is 18.9. The van der Waals surface area contributed by atoms with Gasteiger partial charge in [0, 0.05) is 62.8 Å². The Morgan fingerprint density at radius 3 is 2.38 bits per heavy atom. The van der Waals surface area contributed by atoms with Crippen LogP contribution in [-0.2, 0) is 22.4 Å². The summed E-state index contributed by atoms with van der Waals surface area (Å²) in [4.78, 5) is 37.7. The third-order valence-electron chi connectivity index (χ3n) is 6.65. The first-order valence-electron chi connectivity index (χ1n) is 12.9. The molecule has 2 heterocycles. The van der Waals surface area contributed by atoms with E-state index in [0.717, 1.165) is 16.3 Å². The fourth-order valence-corrected chi connectivity index (χ4v) is 4.71. The van der Waals surface area contributed by atoms with Crippen molar-refractivity contribution in [3.8, 4) is 0 Å². The second-order valence-electron chi connectivity index (χ2n) is 9.70. The number of ether oxygens (including phenoxy) is 1. The van der Waals surface area contributed by atoms with Crippen LogP contribution in [0.15, 0.2) is 66.7 Å². The van der Waals surface area contributed by atoms with Gasteiger partial charge in [0.25, 0.3) is 5.91 Å². The number of nitrogens with zero attached hydrogens (tertiary/aromatic N) is 4. The van der Waals surface area contributed by atoms with Crippen LogP contribution in [0, 0.1) is 0 Å². The highest BCUT2D eigenvalue weighted by Crippen LogP contribution is 2.28. The van der Waals surface area contributed by atoms with Gasteiger partial charge in [-0.3, -0.25) is 4.79 Å². The molecular formula is C30H30N5O4-. The van der Waals surface area contributed by atoms with Crippen molar-refractivity contribution in [1.29, 1.82) is 0 Å². The molecule has 9 nitrogen and oxygen atoms in total. The van der Waals surface area contributed by atoms with E-state index in [1.807, 2.05) is 85.7 Å². The van der Waals surface area contributed by atoms with Crippen LogP contribution in [-0.4, -0.2) is 62.2 Å². The lowest BCUT2D eigenvalue weighted by atomic mass is 10.1. The van der Waals surface area contributed by atoms with Crippen molar-refractivity contribution in [3.05, 3.63) is 89.2 Å². The molecule has 0 spiro atoms. The number of carbonyl (C=O) groups excluding carboxylic acids is 2. The molecule has 9 heteroatoms. The van der Waals surface area contributed by atoms with Gasteiger partial charge in [0.05, 0.1) is 13.2 Å². The highest BCUT2D eigenvalue weighted by Gasteiger charge is 2.22. The Kier molecular flexibility index (Phi) is 7.69. The molecule has 200 valence electrons. The molecule has 1 aliphatic heterocycles. The van der Waals surface area contributed by atoms with Crippen molar-refractivity contribution in [2.45, 2.75) is 12.8 Å². The van der Waals surface area contributed by atoms with E-state index in [2.05, 4.69) is 5.32 Å². The molecular weight excluding hydrogens is 494 g/mol. The highest BCUT2D eigenvalue weighted by atomic mass is 16.5. The van der Waals surface area contributed by atoms with Gasteiger partial charge >= 0.3 is 0 Å². The number of anilines is 3. The third kappa shape index (κ3) is 6.15. The minimum absolute atomic E-state index is 0.175. The van der Waals surface area contributed by atoms with Crippen molar-refractivity contribution in [2.75, 3.05) is 55.5 Å². The minimum Gasteiger partial charge on any atom is -0.550 e. The summed E-state index contributed by atoms with van der Waals surface area (Å²) < 4.78 is 5.48. The predicted molar refractivity (Wildman–Crippen MR) is 149 cm³/mol. The van der Waals surface area contributed by atoms with Crippen LogP contribution in [0.4, 0.5) is 17.3 Å². The number of hydrogen-bond acceptors (Lipinski definition) is 8. The number of aliphatic carboxylic acids is 1. The van der Waals surface area contributed by atoms with Gasteiger partial charge in [-0.15, -0.1) is 0 Å². The van der Waals surface area contributed by atoms with Gasteiger partial charge in [-0.25, -0.2) is 9.97 Å². The molecule has 1 saturated heterocycles. The second kappa shape index (κ2) is 11.5. The summed E-state index contributed by atoms with van der Waals surface area (Å²) in [5.41, 5.74) is 2.78. The predicted octanol–water partition coefficient (Wildman–Crippen LogP) is 2.67. The Labute approximate surface area is 227 Å². The summed E-state index contributed by atoms with van der Waals surface area (Å²) in [6, 6.07) is 21.1. The first kappa shape index (κ1) is 26.1. The summed E-state index contributed by atoms with van der Waals surface area (Å²) >= 11 is 0. The summed E-state index contributed by atoms with van der Waals surface area (Å²) in [6.45, 7) is 2.34. The molecule has 5 rings (SSSR count). The number of rotatable bonds is 8. The van der Waals surface area contributed by atoms with Crippen molar-refractivity contribution in [1.82, 2.24) is 9.97 Å². The number of morpholine rings is 1. The van der Waals surface area contributed by atoms with Crippen molar-refractivity contribution < 1.29 is 19.4 Å². The molecule has 0 atom stereocenters. The Morgan fingerprint density at radius 1 is 0.974 bits per heavy atom. The van der Waals surface area contributed by atoms with Crippen molar-refractivity contribution >= 4 is 40.0 Å². The monoisotopic (exact) mass is 524 g/mol. The average Bonchev–Trinajstić information content (AvgIpc) is 2.94. The SMILES string of the molecule is CN(C)c1nc(Cc2ccc(NC(=O)c3ccc4ccccc4c3)cc2)nc(N2CCOCC2)c1CC(=O)[O-]. The van der Waals surface area contributed by atoms with Gasteiger partial charge < -0.3 is 29.8 Å². The lowest BCUT2D eigenvalue weighted by molar-refractivity contribution is -0.304. The number of aromatic nitrogens is 2. The van der Waals surface area contributed by atoms with E-state index in [0.29, 0.717) is 67.0 Å².